The number of hydrogen-bond donors (Lipinski definition) is 1. The first-order valence-corrected chi connectivity index (χ1v) is 5.70. The lowest BCUT2D eigenvalue weighted by Crippen LogP contribution is -2.15. The van der Waals surface area contributed by atoms with E-state index in [1.165, 1.54) is 0 Å². The van der Waals surface area contributed by atoms with Gasteiger partial charge in [0.1, 0.15) is 5.75 Å². The predicted molar refractivity (Wildman–Crippen MR) is 55.6 cm³/mol. The van der Waals surface area contributed by atoms with E-state index in [4.69, 9.17) is 9.88 Å². The second-order valence-electron chi connectivity index (χ2n) is 3.06. The van der Waals surface area contributed by atoms with Crippen molar-refractivity contribution in [3.63, 3.8) is 0 Å². The quantitative estimate of drug-likeness (QED) is 0.828. The number of ether oxygens (including phenoxy) is 1. The second-order valence-corrected chi connectivity index (χ2v) is 4.28. The van der Waals surface area contributed by atoms with Crippen molar-refractivity contribution < 1.29 is 17.3 Å². The van der Waals surface area contributed by atoms with E-state index >= 15 is 0 Å². The van der Waals surface area contributed by atoms with Crippen LogP contribution in [0.3, 0.4) is 0 Å². The average molecular weight is 231 g/mol. The molecule has 0 saturated heterocycles. The van der Waals surface area contributed by atoms with Crippen molar-refractivity contribution in [1.82, 2.24) is 0 Å². The maximum atomic E-state index is 10.6. The summed E-state index contributed by atoms with van der Waals surface area (Å²) in [7, 11) is -2.34. The molecule has 1 aromatic rings. The zero-order valence-corrected chi connectivity index (χ0v) is 9.37. The van der Waals surface area contributed by atoms with E-state index in [1.807, 2.05) is 13.0 Å². The Bertz CT molecular complexity index is 441. The van der Waals surface area contributed by atoms with E-state index in [2.05, 4.69) is 4.18 Å². The Kier molecular flexibility index (Phi) is 3.67. The van der Waals surface area contributed by atoms with Crippen molar-refractivity contribution >= 4 is 10.3 Å². The van der Waals surface area contributed by atoms with Crippen molar-refractivity contribution in [2.75, 3.05) is 7.11 Å². The Labute approximate surface area is 89.1 Å². The summed E-state index contributed by atoms with van der Waals surface area (Å²) < 4.78 is 30.6. The molecule has 0 aliphatic carbocycles. The Balaban J connectivity index is 2.79. The molecule has 0 amide bonds. The van der Waals surface area contributed by atoms with Crippen LogP contribution < -0.4 is 9.88 Å². The van der Waals surface area contributed by atoms with Gasteiger partial charge in [0.2, 0.25) is 0 Å². The van der Waals surface area contributed by atoms with E-state index in [0.29, 0.717) is 11.3 Å². The molecule has 0 aliphatic heterocycles. The molecular formula is C9H13NO4S. The van der Waals surface area contributed by atoms with Gasteiger partial charge in [-0.1, -0.05) is 12.1 Å². The van der Waals surface area contributed by atoms with Gasteiger partial charge in [-0.05, 0) is 24.1 Å². The molecule has 1 aromatic carbocycles. The van der Waals surface area contributed by atoms with Gasteiger partial charge in [0, 0.05) is 0 Å². The van der Waals surface area contributed by atoms with E-state index in [-0.39, 0.29) is 6.61 Å². The van der Waals surface area contributed by atoms with Crippen molar-refractivity contribution in [2.24, 2.45) is 5.14 Å². The number of hydrogen-bond acceptors (Lipinski definition) is 4. The maximum Gasteiger partial charge on any atom is 0.333 e. The zero-order chi connectivity index (χ0) is 11.5. The number of nitrogens with two attached hydrogens (primary N) is 1. The zero-order valence-electron chi connectivity index (χ0n) is 8.56. The lowest BCUT2D eigenvalue weighted by atomic mass is 10.1. The minimum atomic E-state index is -3.89. The molecule has 5 nitrogen and oxygen atoms in total. The van der Waals surface area contributed by atoms with E-state index < -0.39 is 10.3 Å². The summed E-state index contributed by atoms with van der Waals surface area (Å²) in [6.45, 7) is 1.80. The van der Waals surface area contributed by atoms with Crippen molar-refractivity contribution in [3.8, 4) is 5.75 Å². The largest absolute Gasteiger partial charge is 0.496 e. The highest BCUT2D eigenvalue weighted by atomic mass is 32.2. The van der Waals surface area contributed by atoms with Gasteiger partial charge >= 0.3 is 10.3 Å². The van der Waals surface area contributed by atoms with E-state index in [0.717, 1.165) is 5.56 Å². The molecule has 0 aromatic heterocycles. The molecule has 6 heteroatoms. The van der Waals surface area contributed by atoms with Crippen LogP contribution in [-0.2, 0) is 21.1 Å². The van der Waals surface area contributed by atoms with Crippen LogP contribution in [0.1, 0.15) is 11.1 Å². The van der Waals surface area contributed by atoms with Gasteiger partial charge in [-0.15, -0.1) is 0 Å². The second kappa shape index (κ2) is 4.61. The molecule has 0 heterocycles. The van der Waals surface area contributed by atoms with Crippen LogP contribution in [0.5, 0.6) is 5.75 Å². The molecule has 0 bridgehead atoms. The highest BCUT2D eigenvalue weighted by Crippen LogP contribution is 2.19. The maximum absolute atomic E-state index is 10.6. The average Bonchev–Trinajstić information content (AvgIpc) is 2.15. The third-order valence-corrected chi connectivity index (χ3v) is 2.31. The van der Waals surface area contributed by atoms with Crippen LogP contribution in [0.2, 0.25) is 0 Å². The molecule has 0 radical (unpaired) electrons. The van der Waals surface area contributed by atoms with Crippen LogP contribution in [-0.4, -0.2) is 15.5 Å². The Morgan fingerprint density at radius 2 is 2.07 bits per heavy atom. The smallest absolute Gasteiger partial charge is 0.333 e. The highest BCUT2D eigenvalue weighted by Gasteiger charge is 2.05. The highest BCUT2D eigenvalue weighted by molar-refractivity contribution is 7.84. The number of benzene rings is 1. The van der Waals surface area contributed by atoms with Gasteiger partial charge in [0.25, 0.3) is 0 Å². The molecule has 15 heavy (non-hydrogen) atoms. The fourth-order valence-electron chi connectivity index (χ4n) is 1.10. The first kappa shape index (κ1) is 12.0. The third-order valence-electron chi connectivity index (χ3n) is 1.86. The third kappa shape index (κ3) is 3.86. The van der Waals surface area contributed by atoms with Crippen LogP contribution in [0.4, 0.5) is 0 Å². The SMILES string of the molecule is COc1cc(COS(N)(=O)=O)ccc1C. The first-order valence-electron chi connectivity index (χ1n) is 4.23. The van der Waals surface area contributed by atoms with Gasteiger partial charge in [0.15, 0.2) is 0 Å². The van der Waals surface area contributed by atoms with Crippen LogP contribution in [0.15, 0.2) is 18.2 Å². The molecule has 84 valence electrons. The van der Waals surface area contributed by atoms with Gasteiger partial charge in [0.05, 0.1) is 13.7 Å². The fourth-order valence-corrected chi connectivity index (χ4v) is 1.40. The summed E-state index contributed by atoms with van der Waals surface area (Å²) in [4.78, 5) is 0. The number of methoxy groups -OCH3 is 1. The number of rotatable bonds is 4. The van der Waals surface area contributed by atoms with Crippen LogP contribution in [0, 0.1) is 6.92 Å². The Morgan fingerprint density at radius 3 is 2.60 bits per heavy atom. The van der Waals surface area contributed by atoms with Crippen molar-refractivity contribution in [1.29, 1.82) is 0 Å². The first-order chi connectivity index (χ1) is 6.92. The topological polar surface area (TPSA) is 78.6 Å². The van der Waals surface area contributed by atoms with E-state index in [9.17, 15) is 8.42 Å². The monoisotopic (exact) mass is 231 g/mol. The normalized spacial score (nSPS) is 11.4. The molecular weight excluding hydrogens is 218 g/mol. The predicted octanol–water partition coefficient (Wildman–Crippen LogP) is 0.724. The summed E-state index contributed by atoms with van der Waals surface area (Å²) in [6.07, 6.45) is 0. The summed E-state index contributed by atoms with van der Waals surface area (Å²) >= 11 is 0. The summed E-state index contributed by atoms with van der Waals surface area (Å²) in [6, 6.07) is 5.28. The van der Waals surface area contributed by atoms with Gasteiger partial charge in [-0.25, -0.2) is 5.14 Å². The lowest BCUT2D eigenvalue weighted by molar-refractivity contribution is 0.307. The molecule has 0 aliphatic rings. The lowest BCUT2D eigenvalue weighted by Gasteiger charge is -2.07. The molecule has 0 fully saturated rings. The summed E-state index contributed by atoms with van der Waals surface area (Å²) in [5.74, 6) is 0.686. The standard InChI is InChI=1S/C9H13NO4S/c1-7-3-4-8(5-9(7)13-2)6-14-15(10,11)12/h3-5H,6H2,1-2H3,(H2,10,11,12). The van der Waals surface area contributed by atoms with Crippen molar-refractivity contribution in [2.45, 2.75) is 13.5 Å². The molecule has 2 N–H and O–H groups in total. The Hall–Kier alpha value is -1.11. The minimum Gasteiger partial charge on any atom is -0.496 e. The van der Waals surface area contributed by atoms with Gasteiger partial charge < -0.3 is 4.74 Å². The summed E-state index contributed by atoms with van der Waals surface area (Å²) in [5, 5.41) is 4.70. The molecule has 0 atom stereocenters. The minimum absolute atomic E-state index is 0.0878. The molecule has 0 unspecified atom stereocenters. The van der Waals surface area contributed by atoms with Crippen molar-refractivity contribution in [3.05, 3.63) is 29.3 Å². The van der Waals surface area contributed by atoms with Crippen LogP contribution >= 0.6 is 0 Å². The molecule has 0 saturated carbocycles. The van der Waals surface area contributed by atoms with Gasteiger partial charge in [-0.3, -0.25) is 4.18 Å². The number of aryl methyl sites for hydroxylation is 1. The van der Waals surface area contributed by atoms with Crippen LogP contribution in [0.25, 0.3) is 0 Å². The Morgan fingerprint density at radius 1 is 1.40 bits per heavy atom. The van der Waals surface area contributed by atoms with Gasteiger partial charge in [-0.2, -0.15) is 8.42 Å². The molecule has 0 spiro atoms. The molecule has 1 rings (SSSR count). The fraction of sp³-hybridized carbons (Fsp3) is 0.333. The summed E-state index contributed by atoms with van der Waals surface area (Å²) in [5.41, 5.74) is 1.66. The van der Waals surface area contributed by atoms with E-state index in [1.54, 1.807) is 19.2 Å².